The molecule has 1 amide bonds. The number of aromatic nitrogens is 1. The number of aliphatic hydroxyl groups is 1. The number of fused-ring (bicyclic) bond motifs is 1. The Bertz CT molecular complexity index is 1140. The van der Waals surface area contributed by atoms with Crippen LogP contribution >= 0.6 is 0 Å². The summed E-state index contributed by atoms with van der Waals surface area (Å²) in [5.41, 5.74) is 4.47. The van der Waals surface area contributed by atoms with Crippen LogP contribution < -0.4 is 4.74 Å². The number of hydrogen-bond acceptors (Lipinski definition) is 5. The quantitative estimate of drug-likeness (QED) is 0.593. The van der Waals surface area contributed by atoms with E-state index in [4.69, 9.17) is 4.74 Å². The number of benzene rings is 2. The molecule has 2 aliphatic rings. The molecule has 3 atom stereocenters. The van der Waals surface area contributed by atoms with E-state index in [2.05, 4.69) is 40.2 Å². The van der Waals surface area contributed by atoms with E-state index in [0.717, 1.165) is 48.4 Å². The third-order valence-electron chi connectivity index (χ3n) is 7.53. The number of amides is 1. The molecular weight excluding hydrogens is 438 g/mol. The van der Waals surface area contributed by atoms with Crippen LogP contribution in [0.15, 0.2) is 73.1 Å². The summed E-state index contributed by atoms with van der Waals surface area (Å²) in [6, 6.07) is 20.9. The first kappa shape index (κ1) is 23.5. The van der Waals surface area contributed by atoms with Gasteiger partial charge in [-0.2, -0.15) is 0 Å². The molecule has 0 spiro atoms. The average Bonchev–Trinajstić information content (AvgIpc) is 2.88. The maximum atomic E-state index is 13.2. The third kappa shape index (κ3) is 4.95. The minimum atomic E-state index is 0.0953. The van der Waals surface area contributed by atoms with Gasteiger partial charge in [-0.05, 0) is 65.9 Å². The Kier molecular flexibility index (Phi) is 7.11. The third-order valence-corrected chi connectivity index (χ3v) is 7.53. The van der Waals surface area contributed by atoms with Gasteiger partial charge < -0.3 is 14.7 Å². The van der Waals surface area contributed by atoms with Gasteiger partial charge in [0.2, 0.25) is 5.91 Å². The van der Waals surface area contributed by atoms with Crippen molar-refractivity contribution >= 4 is 5.91 Å². The topological polar surface area (TPSA) is 65.9 Å². The number of nitrogens with zero attached hydrogens (tertiary/aromatic N) is 3. The fourth-order valence-electron chi connectivity index (χ4n) is 5.65. The predicted octanol–water partition coefficient (Wildman–Crippen LogP) is 3.75. The van der Waals surface area contributed by atoms with Gasteiger partial charge in [-0.15, -0.1) is 0 Å². The van der Waals surface area contributed by atoms with E-state index in [9.17, 15) is 9.90 Å². The van der Waals surface area contributed by atoms with Crippen LogP contribution in [0.2, 0.25) is 0 Å². The zero-order chi connectivity index (χ0) is 24.2. The molecule has 35 heavy (non-hydrogen) atoms. The number of ether oxygens (including phenoxy) is 1. The van der Waals surface area contributed by atoms with Gasteiger partial charge in [0.15, 0.2) is 0 Å². The molecule has 0 saturated carbocycles. The van der Waals surface area contributed by atoms with Gasteiger partial charge in [-0.3, -0.25) is 14.7 Å². The number of pyridine rings is 1. The fourth-order valence-corrected chi connectivity index (χ4v) is 5.65. The summed E-state index contributed by atoms with van der Waals surface area (Å²) in [5, 5.41) is 10.2. The number of hydrogen-bond donors (Lipinski definition) is 1. The normalized spacial score (nSPS) is 22.5. The largest absolute Gasteiger partial charge is 0.497 e. The summed E-state index contributed by atoms with van der Waals surface area (Å²) in [4.78, 5) is 21.7. The number of aliphatic hydroxyl groups excluding tert-OH is 1. The molecule has 182 valence electrons. The van der Waals surface area contributed by atoms with Crippen LogP contribution in [0.4, 0.5) is 0 Å². The summed E-state index contributed by atoms with van der Waals surface area (Å²) in [6.07, 6.45) is 5.90. The van der Waals surface area contributed by atoms with Crippen molar-refractivity contribution in [3.63, 3.8) is 0 Å². The van der Waals surface area contributed by atoms with E-state index in [1.54, 1.807) is 19.5 Å². The van der Waals surface area contributed by atoms with Gasteiger partial charge in [0.25, 0.3) is 0 Å². The van der Waals surface area contributed by atoms with Crippen molar-refractivity contribution in [1.29, 1.82) is 0 Å². The summed E-state index contributed by atoms with van der Waals surface area (Å²) >= 11 is 0. The average molecular weight is 472 g/mol. The monoisotopic (exact) mass is 471 g/mol. The molecule has 0 aliphatic carbocycles. The van der Waals surface area contributed by atoms with E-state index in [0.29, 0.717) is 13.0 Å². The molecule has 1 aromatic heterocycles. The van der Waals surface area contributed by atoms with Crippen molar-refractivity contribution in [2.45, 2.75) is 37.3 Å². The highest BCUT2D eigenvalue weighted by Crippen LogP contribution is 2.42. The lowest BCUT2D eigenvalue weighted by Crippen LogP contribution is -2.68. The number of carbonyl (C=O) groups excluding carboxylic acids is 1. The molecular formula is C29H33N3O3. The first-order valence-electron chi connectivity index (χ1n) is 12.5. The smallest absolute Gasteiger partial charge is 0.227 e. The Balaban J connectivity index is 1.35. The Morgan fingerprint density at radius 3 is 2.54 bits per heavy atom. The van der Waals surface area contributed by atoms with Crippen molar-refractivity contribution in [3.05, 3.63) is 84.2 Å². The molecule has 0 unspecified atom stereocenters. The first-order chi connectivity index (χ1) is 17.2. The second-order valence-corrected chi connectivity index (χ2v) is 9.51. The van der Waals surface area contributed by atoms with Crippen molar-refractivity contribution in [2.75, 3.05) is 33.4 Å². The lowest BCUT2D eigenvalue weighted by atomic mass is 9.74. The summed E-state index contributed by atoms with van der Waals surface area (Å²) in [7, 11) is 1.68. The highest BCUT2D eigenvalue weighted by Gasteiger charge is 2.49. The maximum Gasteiger partial charge on any atom is 0.227 e. The van der Waals surface area contributed by atoms with Crippen molar-refractivity contribution in [3.8, 4) is 16.9 Å². The SMILES string of the molecule is COc1cccc(-c2ccc([C@H]3[C@@H](CO)N4CCCCN(C(=O)Cc5ccncc5)C[C@H]34)cc2)c1. The molecule has 1 N–H and O–H groups in total. The Labute approximate surface area is 207 Å². The zero-order valence-electron chi connectivity index (χ0n) is 20.2. The first-order valence-corrected chi connectivity index (χ1v) is 12.5. The van der Waals surface area contributed by atoms with Crippen molar-refractivity contribution in [1.82, 2.24) is 14.8 Å². The molecule has 6 heteroatoms. The molecule has 3 aromatic rings. The van der Waals surface area contributed by atoms with Crippen molar-refractivity contribution < 1.29 is 14.6 Å². The van der Waals surface area contributed by atoms with Gasteiger partial charge in [-0.1, -0.05) is 36.4 Å². The van der Waals surface area contributed by atoms with Crippen LogP contribution in [0, 0.1) is 0 Å². The zero-order valence-corrected chi connectivity index (χ0v) is 20.2. The van der Waals surface area contributed by atoms with Gasteiger partial charge in [-0.25, -0.2) is 0 Å². The van der Waals surface area contributed by atoms with Gasteiger partial charge in [0, 0.05) is 43.5 Å². The molecule has 6 nitrogen and oxygen atoms in total. The summed E-state index contributed by atoms with van der Waals surface area (Å²) < 4.78 is 5.37. The Morgan fingerprint density at radius 1 is 1.03 bits per heavy atom. The fraction of sp³-hybridized carbons (Fsp3) is 0.379. The van der Waals surface area contributed by atoms with Gasteiger partial charge in [0.1, 0.15) is 5.75 Å². The molecule has 2 saturated heterocycles. The summed E-state index contributed by atoms with van der Waals surface area (Å²) in [6.45, 7) is 2.59. The highest BCUT2D eigenvalue weighted by atomic mass is 16.5. The second-order valence-electron chi connectivity index (χ2n) is 9.51. The minimum absolute atomic E-state index is 0.0953. The molecule has 0 radical (unpaired) electrons. The predicted molar refractivity (Wildman–Crippen MR) is 136 cm³/mol. The lowest BCUT2D eigenvalue weighted by Gasteiger charge is -2.57. The van der Waals surface area contributed by atoms with Crippen LogP contribution in [0.1, 0.15) is 29.9 Å². The molecule has 3 heterocycles. The lowest BCUT2D eigenvalue weighted by molar-refractivity contribution is -0.135. The highest BCUT2D eigenvalue weighted by molar-refractivity contribution is 5.78. The van der Waals surface area contributed by atoms with Crippen molar-refractivity contribution in [2.24, 2.45) is 0 Å². The van der Waals surface area contributed by atoms with E-state index in [1.165, 1.54) is 5.56 Å². The van der Waals surface area contributed by atoms with E-state index < -0.39 is 0 Å². The van der Waals surface area contributed by atoms with Crippen LogP contribution in [-0.4, -0.2) is 71.2 Å². The number of rotatable bonds is 6. The summed E-state index contributed by atoms with van der Waals surface area (Å²) in [5.74, 6) is 1.21. The second kappa shape index (κ2) is 10.6. The number of methoxy groups -OCH3 is 1. The van der Waals surface area contributed by atoms with E-state index in [1.807, 2.05) is 35.2 Å². The van der Waals surface area contributed by atoms with Gasteiger partial charge >= 0.3 is 0 Å². The van der Waals surface area contributed by atoms with Crippen LogP contribution in [0.3, 0.4) is 0 Å². The molecule has 0 bridgehead atoms. The minimum Gasteiger partial charge on any atom is -0.497 e. The Morgan fingerprint density at radius 2 is 1.80 bits per heavy atom. The molecule has 2 aromatic carbocycles. The molecule has 2 aliphatic heterocycles. The van der Waals surface area contributed by atoms with E-state index >= 15 is 0 Å². The maximum absolute atomic E-state index is 13.2. The molecule has 2 fully saturated rings. The van der Waals surface area contributed by atoms with Crippen LogP contribution in [0.5, 0.6) is 5.75 Å². The van der Waals surface area contributed by atoms with Crippen LogP contribution in [0.25, 0.3) is 11.1 Å². The molecule has 5 rings (SSSR count). The van der Waals surface area contributed by atoms with Gasteiger partial charge in [0.05, 0.1) is 20.1 Å². The Hall–Kier alpha value is -3.22. The van der Waals surface area contributed by atoms with E-state index in [-0.39, 0.29) is 30.5 Å². The number of carbonyl (C=O) groups is 1. The standard InChI is InChI=1S/C29H33N3O3/c1-35-25-6-4-5-24(18-25)22-7-9-23(10-8-22)29-26-19-31(15-2-3-16-32(26)27(29)20-33)28(34)17-21-11-13-30-14-12-21/h4-14,18,26-27,29,33H,2-3,15-17,19-20H2,1H3/t26-,27-,29-/m1/s1. The van der Waals surface area contributed by atoms with Crippen LogP contribution in [-0.2, 0) is 11.2 Å².